The first-order valence-corrected chi connectivity index (χ1v) is 10.6. The highest BCUT2D eigenvalue weighted by molar-refractivity contribution is 7.89. The average Bonchev–Trinajstić information content (AvgIpc) is 3.17. The van der Waals surface area contributed by atoms with Crippen LogP contribution in [0.3, 0.4) is 0 Å². The molecule has 1 N–H and O–H groups in total. The highest BCUT2D eigenvalue weighted by Gasteiger charge is 2.30. The Hall–Kier alpha value is -2.39. The maximum Gasteiger partial charge on any atom is 0.243 e. The van der Waals surface area contributed by atoms with Gasteiger partial charge in [0, 0.05) is 39.1 Å². The fourth-order valence-corrected chi connectivity index (χ4v) is 4.87. The molecule has 1 saturated heterocycles. The van der Waals surface area contributed by atoms with E-state index in [2.05, 4.69) is 20.4 Å². The highest BCUT2D eigenvalue weighted by Crippen LogP contribution is 2.29. The van der Waals surface area contributed by atoms with Crippen LogP contribution in [0.4, 0.5) is 11.6 Å². The number of ether oxygens (including phenoxy) is 1. The van der Waals surface area contributed by atoms with Gasteiger partial charge < -0.3 is 15.0 Å². The van der Waals surface area contributed by atoms with E-state index in [1.807, 2.05) is 19.1 Å². The van der Waals surface area contributed by atoms with Crippen LogP contribution in [0.5, 0.6) is 5.75 Å². The molecule has 0 spiro atoms. The third kappa shape index (κ3) is 3.57. The summed E-state index contributed by atoms with van der Waals surface area (Å²) >= 11 is 0. The molecule has 0 unspecified atom stereocenters. The van der Waals surface area contributed by atoms with Gasteiger partial charge in [-0.3, -0.25) is 0 Å². The molecule has 1 aromatic heterocycles. The van der Waals surface area contributed by atoms with Crippen LogP contribution in [-0.2, 0) is 16.4 Å². The molecule has 2 aliphatic rings. The lowest BCUT2D eigenvalue weighted by molar-refractivity contribution is 0.356. The smallest absolute Gasteiger partial charge is 0.243 e. The molecule has 1 aromatic carbocycles. The third-order valence-corrected chi connectivity index (χ3v) is 6.76. The molecule has 0 aliphatic carbocycles. The lowest BCUT2D eigenvalue weighted by Gasteiger charge is -2.34. The Morgan fingerprint density at radius 2 is 1.93 bits per heavy atom. The molecule has 3 heterocycles. The number of nitrogens with one attached hydrogen (secondary N) is 1. The predicted molar refractivity (Wildman–Crippen MR) is 103 cm³/mol. The summed E-state index contributed by atoms with van der Waals surface area (Å²) in [5, 5.41) is 11.5. The van der Waals surface area contributed by atoms with Gasteiger partial charge in [0.25, 0.3) is 0 Å². The second kappa shape index (κ2) is 7.32. The number of fused-ring (bicyclic) bond motifs is 1. The summed E-state index contributed by atoms with van der Waals surface area (Å²) in [5.41, 5.74) is 0.964. The molecule has 0 atom stereocenters. The molecule has 2 aromatic rings. The van der Waals surface area contributed by atoms with Gasteiger partial charge in [-0.05, 0) is 42.8 Å². The minimum absolute atomic E-state index is 0.343. The Labute approximate surface area is 159 Å². The predicted octanol–water partition coefficient (Wildman–Crippen LogP) is 1.35. The zero-order chi connectivity index (χ0) is 18.9. The van der Waals surface area contributed by atoms with E-state index in [4.69, 9.17) is 4.74 Å². The van der Waals surface area contributed by atoms with E-state index in [0.717, 1.165) is 35.9 Å². The molecule has 2 aliphatic heterocycles. The molecule has 0 radical (unpaired) electrons. The minimum Gasteiger partial charge on any atom is -0.493 e. The van der Waals surface area contributed by atoms with Crippen molar-refractivity contribution in [3.05, 3.63) is 35.9 Å². The maximum absolute atomic E-state index is 13.0. The summed E-state index contributed by atoms with van der Waals surface area (Å²) in [4.78, 5) is 2.40. The number of piperazine rings is 1. The van der Waals surface area contributed by atoms with Crippen molar-refractivity contribution in [2.45, 2.75) is 18.2 Å². The molecule has 0 bridgehead atoms. The van der Waals surface area contributed by atoms with Crippen LogP contribution in [0.15, 0.2) is 35.2 Å². The molecule has 27 heavy (non-hydrogen) atoms. The summed E-state index contributed by atoms with van der Waals surface area (Å²) in [6, 6.07) is 8.94. The summed E-state index contributed by atoms with van der Waals surface area (Å²) in [6.45, 7) is 5.43. The Morgan fingerprint density at radius 3 is 2.63 bits per heavy atom. The van der Waals surface area contributed by atoms with Gasteiger partial charge in [-0.25, -0.2) is 8.42 Å². The summed E-state index contributed by atoms with van der Waals surface area (Å²) < 4.78 is 33.0. The van der Waals surface area contributed by atoms with Gasteiger partial charge in [0.1, 0.15) is 11.6 Å². The fourth-order valence-electron chi connectivity index (χ4n) is 3.40. The monoisotopic (exact) mass is 389 g/mol. The number of benzene rings is 1. The first-order chi connectivity index (χ1) is 13.1. The van der Waals surface area contributed by atoms with Gasteiger partial charge in [-0.1, -0.05) is 0 Å². The number of rotatable bonds is 5. The SMILES string of the molecule is CCNc1ccc(N2CCN(S(=O)(=O)c3ccc4c(c3)CCO4)CC2)nn1. The number of hydrogen-bond donors (Lipinski definition) is 1. The van der Waals surface area contributed by atoms with Crippen LogP contribution in [-0.4, -0.2) is 62.3 Å². The standard InChI is InChI=1S/C18H23N5O3S/c1-2-19-17-5-6-18(21-20-17)22-8-10-23(11-9-22)27(24,25)15-3-4-16-14(13-15)7-12-26-16/h3-6,13H,2,7-12H2,1H3,(H,19,20). The zero-order valence-corrected chi connectivity index (χ0v) is 16.1. The Kier molecular flexibility index (Phi) is 4.88. The van der Waals surface area contributed by atoms with Gasteiger partial charge in [0.2, 0.25) is 10.0 Å². The summed E-state index contributed by atoms with van der Waals surface area (Å²) in [6.07, 6.45) is 0.758. The first-order valence-electron chi connectivity index (χ1n) is 9.16. The lowest BCUT2D eigenvalue weighted by Crippen LogP contribution is -2.49. The number of anilines is 2. The molecular weight excluding hydrogens is 366 g/mol. The fraction of sp³-hybridized carbons (Fsp3) is 0.444. The first kappa shape index (κ1) is 18.0. The average molecular weight is 389 g/mol. The number of aromatic nitrogens is 2. The van der Waals surface area contributed by atoms with Crippen LogP contribution >= 0.6 is 0 Å². The number of sulfonamides is 1. The molecule has 1 fully saturated rings. The minimum atomic E-state index is -3.50. The molecule has 9 heteroatoms. The lowest BCUT2D eigenvalue weighted by atomic mass is 10.2. The van der Waals surface area contributed by atoms with E-state index >= 15 is 0 Å². The van der Waals surface area contributed by atoms with E-state index in [9.17, 15) is 8.42 Å². The van der Waals surface area contributed by atoms with Crippen LogP contribution in [0.25, 0.3) is 0 Å². The van der Waals surface area contributed by atoms with Gasteiger partial charge in [0.15, 0.2) is 5.82 Å². The van der Waals surface area contributed by atoms with Crippen LogP contribution < -0.4 is 15.0 Å². The van der Waals surface area contributed by atoms with E-state index < -0.39 is 10.0 Å². The van der Waals surface area contributed by atoms with E-state index in [1.54, 1.807) is 22.5 Å². The summed E-state index contributed by atoms with van der Waals surface area (Å²) in [5.74, 6) is 2.30. The van der Waals surface area contributed by atoms with Gasteiger partial charge in [-0.2, -0.15) is 4.31 Å². The Morgan fingerprint density at radius 1 is 1.11 bits per heavy atom. The maximum atomic E-state index is 13.0. The molecule has 0 amide bonds. The quantitative estimate of drug-likeness (QED) is 0.826. The van der Waals surface area contributed by atoms with Gasteiger partial charge in [-0.15, -0.1) is 10.2 Å². The Balaban J connectivity index is 1.43. The largest absolute Gasteiger partial charge is 0.493 e. The summed E-state index contributed by atoms with van der Waals surface area (Å²) in [7, 11) is -3.50. The van der Waals surface area contributed by atoms with Crippen molar-refractivity contribution < 1.29 is 13.2 Å². The molecule has 144 valence electrons. The zero-order valence-electron chi connectivity index (χ0n) is 15.3. The van der Waals surface area contributed by atoms with Crippen LogP contribution in [0, 0.1) is 0 Å². The van der Waals surface area contributed by atoms with E-state index in [-0.39, 0.29) is 0 Å². The number of hydrogen-bond acceptors (Lipinski definition) is 7. The van der Waals surface area contributed by atoms with Crippen molar-refractivity contribution in [1.29, 1.82) is 0 Å². The van der Waals surface area contributed by atoms with Gasteiger partial charge in [0.05, 0.1) is 11.5 Å². The van der Waals surface area contributed by atoms with Crippen molar-refractivity contribution in [2.24, 2.45) is 0 Å². The van der Waals surface area contributed by atoms with Crippen molar-refractivity contribution in [3.8, 4) is 5.75 Å². The second-order valence-electron chi connectivity index (χ2n) is 6.57. The second-order valence-corrected chi connectivity index (χ2v) is 8.50. The molecule has 0 saturated carbocycles. The highest BCUT2D eigenvalue weighted by atomic mass is 32.2. The number of nitrogens with zero attached hydrogens (tertiary/aromatic N) is 4. The van der Waals surface area contributed by atoms with Crippen molar-refractivity contribution in [2.75, 3.05) is 49.5 Å². The van der Waals surface area contributed by atoms with Crippen LogP contribution in [0.2, 0.25) is 0 Å². The third-order valence-electron chi connectivity index (χ3n) is 4.87. The topological polar surface area (TPSA) is 87.7 Å². The normalized spacial score (nSPS) is 17.4. The molecule has 4 rings (SSSR count). The van der Waals surface area contributed by atoms with E-state index in [0.29, 0.717) is 37.7 Å². The van der Waals surface area contributed by atoms with E-state index in [1.165, 1.54) is 0 Å². The molecular formula is C18H23N5O3S. The van der Waals surface area contributed by atoms with Crippen molar-refractivity contribution in [3.63, 3.8) is 0 Å². The molecule has 8 nitrogen and oxygen atoms in total. The van der Waals surface area contributed by atoms with Crippen molar-refractivity contribution >= 4 is 21.7 Å². The van der Waals surface area contributed by atoms with Gasteiger partial charge >= 0.3 is 0 Å². The Bertz CT molecular complexity index is 909. The van der Waals surface area contributed by atoms with Crippen LogP contribution in [0.1, 0.15) is 12.5 Å². The van der Waals surface area contributed by atoms with Crippen molar-refractivity contribution in [1.82, 2.24) is 14.5 Å².